The fraction of sp³-hybridized carbons (Fsp3) is 0.533. The lowest BCUT2D eigenvalue weighted by Gasteiger charge is -2.31. The standard InChI is InChI=1S/C15H23NOSi/c1-18(2,3)17-15-7-5-4-6-14(15)12-13-8-10-16-11-9-13/h8-12,15H,4-7H2,1-3H3. The summed E-state index contributed by atoms with van der Waals surface area (Å²) in [7, 11) is -1.46. The van der Waals surface area contributed by atoms with Crippen molar-refractivity contribution in [3.05, 3.63) is 35.7 Å². The molecule has 3 heteroatoms. The van der Waals surface area contributed by atoms with Crippen LogP contribution >= 0.6 is 0 Å². The zero-order valence-corrected chi connectivity index (χ0v) is 12.6. The van der Waals surface area contributed by atoms with Crippen molar-refractivity contribution < 1.29 is 4.43 Å². The second kappa shape index (κ2) is 5.80. The van der Waals surface area contributed by atoms with Gasteiger partial charge in [0.1, 0.15) is 0 Å². The van der Waals surface area contributed by atoms with Crippen molar-refractivity contribution in [2.24, 2.45) is 0 Å². The van der Waals surface area contributed by atoms with Gasteiger partial charge in [-0.1, -0.05) is 12.5 Å². The first kappa shape index (κ1) is 13.5. The zero-order valence-electron chi connectivity index (χ0n) is 11.6. The fourth-order valence-corrected chi connectivity index (χ4v) is 3.53. The van der Waals surface area contributed by atoms with Crippen LogP contribution in [0.15, 0.2) is 30.1 Å². The topological polar surface area (TPSA) is 22.1 Å². The SMILES string of the molecule is C[Si](C)(C)OC1CCCCC1=Cc1ccncc1. The number of aromatic nitrogens is 1. The van der Waals surface area contributed by atoms with Crippen molar-refractivity contribution in [1.29, 1.82) is 0 Å². The lowest BCUT2D eigenvalue weighted by atomic mass is 9.91. The van der Waals surface area contributed by atoms with Crippen molar-refractivity contribution in [3.8, 4) is 0 Å². The Hall–Kier alpha value is -0.933. The van der Waals surface area contributed by atoms with E-state index in [0.717, 1.165) is 0 Å². The van der Waals surface area contributed by atoms with E-state index < -0.39 is 8.32 Å². The molecule has 0 radical (unpaired) electrons. The zero-order chi connectivity index (χ0) is 13.0. The first-order chi connectivity index (χ1) is 8.54. The van der Waals surface area contributed by atoms with Crippen LogP contribution in [0.5, 0.6) is 0 Å². The molecule has 0 spiro atoms. The van der Waals surface area contributed by atoms with Gasteiger partial charge in [-0.25, -0.2) is 0 Å². The van der Waals surface area contributed by atoms with Crippen LogP contribution in [0.3, 0.4) is 0 Å². The van der Waals surface area contributed by atoms with E-state index >= 15 is 0 Å². The summed E-state index contributed by atoms with van der Waals surface area (Å²) in [4.78, 5) is 4.06. The average Bonchev–Trinajstić information content (AvgIpc) is 2.31. The number of rotatable bonds is 3. The molecule has 1 fully saturated rings. The third-order valence-corrected chi connectivity index (χ3v) is 4.14. The minimum Gasteiger partial charge on any atom is -0.411 e. The average molecular weight is 261 g/mol. The number of nitrogens with zero attached hydrogens (tertiary/aromatic N) is 1. The highest BCUT2D eigenvalue weighted by Gasteiger charge is 2.25. The van der Waals surface area contributed by atoms with Crippen LogP contribution in [0.2, 0.25) is 19.6 Å². The van der Waals surface area contributed by atoms with Crippen LogP contribution in [-0.2, 0) is 4.43 Å². The summed E-state index contributed by atoms with van der Waals surface area (Å²) >= 11 is 0. The van der Waals surface area contributed by atoms with Crippen LogP contribution in [0.25, 0.3) is 6.08 Å². The van der Waals surface area contributed by atoms with E-state index in [9.17, 15) is 0 Å². The Morgan fingerprint density at radius 2 is 1.94 bits per heavy atom. The highest BCUT2D eigenvalue weighted by atomic mass is 28.4. The molecule has 1 atom stereocenters. The Morgan fingerprint density at radius 1 is 1.22 bits per heavy atom. The molecule has 0 aliphatic heterocycles. The largest absolute Gasteiger partial charge is 0.411 e. The predicted octanol–water partition coefficient (Wildman–Crippen LogP) is 4.26. The summed E-state index contributed by atoms with van der Waals surface area (Å²) in [6.07, 6.45) is 11.3. The van der Waals surface area contributed by atoms with Crippen LogP contribution in [0.4, 0.5) is 0 Å². The molecule has 0 amide bonds. The van der Waals surface area contributed by atoms with E-state index in [2.05, 4.69) is 42.8 Å². The molecule has 0 aromatic carbocycles. The van der Waals surface area contributed by atoms with Gasteiger partial charge in [0.2, 0.25) is 0 Å². The van der Waals surface area contributed by atoms with Crippen LogP contribution in [0.1, 0.15) is 31.2 Å². The Labute approximate surface area is 111 Å². The fourth-order valence-electron chi connectivity index (χ4n) is 2.41. The summed E-state index contributed by atoms with van der Waals surface area (Å²) < 4.78 is 6.32. The van der Waals surface area contributed by atoms with Crippen LogP contribution < -0.4 is 0 Å². The molecule has 1 aromatic heterocycles. The van der Waals surface area contributed by atoms with Gasteiger partial charge in [0.15, 0.2) is 8.32 Å². The van der Waals surface area contributed by atoms with Crippen LogP contribution in [-0.4, -0.2) is 19.4 Å². The maximum absolute atomic E-state index is 6.32. The van der Waals surface area contributed by atoms with Crippen molar-refractivity contribution in [2.75, 3.05) is 0 Å². The molecule has 0 N–H and O–H groups in total. The minimum atomic E-state index is -1.46. The molecule has 2 nitrogen and oxygen atoms in total. The Bertz CT molecular complexity index is 408. The third-order valence-electron chi connectivity index (χ3n) is 3.15. The normalized spacial score (nSPS) is 23.3. The van der Waals surface area contributed by atoms with Gasteiger partial charge < -0.3 is 4.43 Å². The molecule has 98 valence electrons. The van der Waals surface area contributed by atoms with E-state index in [1.54, 1.807) is 0 Å². The Morgan fingerprint density at radius 3 is 2.61 bits per heavy atom. The van der Waals surface area contributed by atoms with E-state index in [-0.39, 0.29) is 0 Å². The molecule has 1 aliphatic rings. The van der Waals surface area contributed by atoms with Gasteiger partial charge >= 0.3 is 0 Å². The highest BCUT2D eigenvalue weighted by Crippen LogP contribution is 2.30. The first-order valence-corrected chi connectivity index (χ1v) is 10.2. The van der Waals surface area contributed by atoms with Crippen LogP contribution in [0, 0.1) is 0 Å². The van der Waals surface area contributed by atoms with Gasteiger partial charge in [0.05, 0.1) is 6.10 Å². The molecule has 0 bridgehead atoms. The van der Waals surface area contributed by atoms with Gasteiger partial charge in [-0.2, -0.15) is 0 Å². The smallest absolute Gasteiger partial charge is 0.184 e. The molecule has 1 heterocycles. The second-order valence-electron chi connectivity index (χ2n) is 5.96. The summed E-state index contributed by atoms with van der Waals surface area (Å²) in [5.41, 5.74) is 2.71. The lowest BCUT2D eigenvalue weighted by molar-refractivity contribution is 0.198. The molecule has 0 saturated heterocycles. The van der Waals surface area contributed by atoms with Gasteiger partial charge in [-0.15, -0.1) is 0 Å². The quantitative estimate of drug-likeness (QED) is 0.758. The van der Waals surface area contributed by atoms with E-state index in [1.165, 1.54) is 36.8 Å². The molecular formula is C15H23NOSi. The summed E-state index contributed by atoms with van der Waals surface area (Å²) in [5.74, 6) is 0. The van der Waals surface area contributed by atoms with Gasteiger partial charge in [-0.3, -0.25) is 4.98 Å². The molecule has 18 heavy (non-hydrogen) atoms. The van der Waals surface area contributed by atoms with Gasteiger partial charge in [-0.05, 0) is 62.2 Å². The van der Waals surface area contributed by atoms with E-state index in [4.69, 9.17) is 4.43 Å². The maximum Gasteiger partial charge on any atom is 0.184 e. The maximum atomic E-state index is 6.32. The lowest BCUT2D eigenvalue weighted by Crippen LogP contribution is -2.34. The van der Waals surface area contributed by atoms with Crippen molar-refractivity contribution >= 4 is 14.4 Å². The molecule has 1 aliphatic carbocycles. The molecule has 1 aromatic rings. The monoisotopic (exact) mass is 261 g/mol. The number of pyridine rings is 1. The summed E-state index contributed by atoms with van der Waals surface area (Å²) in [6.45, 7) is 6.81. The van der Waals surface area contributed by atoms with Crippen molar-refractivity contribution in [1.82, 2.24) is 4.98 Å². The Balaban J connectivity index is 2.15. The van der Waals surface area contributed by atoms with E-state index in [1.807, 2.05) is 12.4 Å². The molecule has 2 rings (SSSR count). The summed E-state index contributed by atoms with van der Waals surface area (Å²) in [6, 6.07) is 4.13. The number of hydrogen-bond donors (Lipinski definition) is 0. The molecular weight excluding hydrogens is 238 g/mol. The van der Waals surface area contributed by atoms with Crippen molar-refractivity contribution in [2.45, 2.75) is 51.4 Å². The van der Waals surface area contributed by atoms with Crippen molar-refractivity contribution in [3.63, 3.8) is 0 Å². The van der Waals surface area contributed by atoms with Gasteiger partial charge in [0, 0.05) is 12.4 Å². The Kier molecular flexibility index (Phi) is 4.35. The predicted molar refractivity (Wildman–Crippen MR) is 78.9 cm³/mol. The minimum absolute atomic E-state index is 0.346. The van der Waals surface area contributed by atoms with E-state index in [0.29, 0.717) is 6.10 Å². The summed E-state index contributed by atoms with van der Waals surface area (Å²) in [5, 5.41) is 0. The molecule has 1 saturated carbocycles. The highest BCUT2D eigenvalue weighted by molar-refractivity contribution is 6.69. The van der Waals surface area contributed by atoms with Gasteiger partial charge in [0.25, 0.3) is 0 Å². The number of hydrogen-bond acceptors (Lipinski definition) is 2. The molecule has 1 unspecified atom stereocenters. The first-order valence-electron chi connectivity index (χ1n) is 6.83. The second-order valence-corrected chi connectivity index (χ2v) is 10.4. The third kappa shape index (κ3) is 4.07.